The Morgan fingerprint density at radius 1 is 1.19 bits per heavy atom. The monoisotopic (exact) mass is 350 g/mol. The Labute approximate surface area is 131 Å². The van der Waals surface area contributed by atoms with Gasteiger partial charge in [0.25, 0.3) is 0 Å². The largest absolute Gasteiger partial charge is 0.310 e. The van der Waals surface area contributed by atoms with E-state index in [0.717, 1.165) is 27.0 Å². The average Bonchev–Trinajstić information content (AvgIpc) is 3.00. The van der Waals surface area contributed by atoms with E-state index < -0.39 is 6.04 Å². The van der Waals surface area contributed by atoms with E-state index in [0.29, 0.717) is 6.54 Å². The van der Waals surface area contributed by atoms with E-state index in [4.69, 9.17) is 0 Å². The quantitative estimate of drug-likeness (QED) is 0.765. The summed E-state index contributed by atoms with van der Waals surface area (Å²) in [6, 6.07) is 5.05. The van der Waals surface area contributed by atoms with Crippen molar-refractivity contribution in [3.8, 4) is 0 Å². The van der Waals surface area contributed by atoms with Gasteiger partial charge in [0.05, 0.1) is 0 Å². The zero-order chi connectivity index (χ0) is 15.1. The number of halogens is 1. The molecule has 0 aliphatic carbocycles. The molecule has 2 aliphatic heterocycles. The molecule has 6 heteroatoms. The zero-order valence-corrected chi connectivity index (χ0v) is 13.2. The number of likely N-dealkylation sites (tertiary alicyclic amines) is 1. The summed E-state index contributed by atoms with van der Waals surface area (Å²) in [6.07, 6.45) is 1.20. The Balaban J connectivity index is 1.84. The molecular formula is C15H15BrN2O3. The number of fused-ring (bicyclic) bond motifs is 1. The first kappa shape index (κ1) is 14.3. The van der Waals surface area contributed by atoms with Gasteiger partial charge in [-0.2, -0.15) is 0 Å². The summed E-state index contributed by atoms with van der Waals surface area (Å²) in [5, 5.41) is 0. The number of nitrogens with zero attached hydrogens (tertiary/aromatic N) is 2. The number of imide groups is 1. The Kier molecular flexibility index (Phi) is 3.57. The highest BCUT2D eigenvalue weighted by atomic mass is 79.9. The molecule has 3 rings (SSSR count). The van der Waals surface area contributed by atoms with Crippen LogP contribution in [0.25, 0.3) is 0 Å². The average molecular weight is 351 g/mol. The Morgan fingerprint density at radius 2 is 1.86 bits per heavy atom. The predicted molar refractivity (Wildman–Crippen MR) is 80.7 cm³/mol. The summed E-state index contributed by atoms with van der Waals surface area (Å²) >= 11 is 3.42. The lowest BCUT2D eigenvalue weighted by molar-refractivity contribution is -0.145. The normalized spacial score (nSPS) is 19.1. The number of amides is 3. The smallest absolute Gasteiger partial charge is 0.250 e. The number of benzene rings is 1. The van der Waals surface area contributed by atoms with Crippen LogP contribution in [0, 0.1) is 0 Å². The molecule has 2 aliphatic rings. The van der Waals surface area contributed by atoms with Gasteiger partial charge in [-0.15, -0.1) is 0 Å². The van der Waals surface area contributed by atoms with Crippen molar-refractivity contribution in [1.82, 2.24) is 4.90 Å². The minimum Gasteiger partial charge on any atom is -0.310 e. The number of rotatable bonds is 2. The van der Waals surface area contributed by atoms with E-state index in [-0.39, 0.29) is 30.6 Å². The van der Waals surface area contributed by atoms with E-state index in [2.05, 4.69) is 15.9 Å². The van der Waals surface area contributed by atoms with Gasteiger partial charge in [0, 0.05) is 29.5 Å². The first-order chi connectivity index (χ1) is 9.99. The van der Waals surface area contributed by atoms with Crippen molar-refractivity contribution in [2.75, 3.05) is 11.4 Å². The topological polar surface area (TPSA) is 57.7 Å². The molecule has 3 amide bonds. The van der Waals surface area contributed by atoms with Gasteiger partial charge >= 0.3 is 0 Å². The maximum absolute atomic E-state index is 12.6. The van der Waals surface area contributed by atoms with Gasteiger partial charge in [0.1, 0.15) is 6.04 Å². The van der Waals surface area contributed by atoms with Crippen LogP contribution in [0.2, 0.25) is 0 Å². The van der Waals surface area contributed by atoms with Gasteiger partial charge in [-0.05, 0) is 37.1 Å². The molecule has 21 heavy (non-hydrogen) atoms. The number of carbonyl (C=O) groups excluding carboxylic acids is 3. The third-order valence-electron chi connectivity index (χ3n) is 4.04. The number of anilines is 1. The molecule has 1 saturated heterocycles. The van der Waals surface area contributed by atoms with Gasteiger partial charge < -0.3 is 4.90 Å². The van der Waals surface area contributed by atoms with Gasteiger partial charge in [0.15, 0.2) is 0 Å². The minimum absolute atomic E-state index is 0.195. The van der Waals surface area contributed by atoms with Crippen molar-refractivity contribution < 1.29 is 14.4 Å². The molecule has 1 aromatic rings. The lowest BCUT2D eigenvalue weighted by Gasteiger charge is -2.27. The molecule has 110 valence electrons. The SMILES string of the molecule is CC(C(=O)N1CCc2cc(Br)ccc21)N1C(=O)CCC1=O. The molecule has 0 radical (unpaired) electrons. The summed E-state index contributed by atoms with van der Waals surface area (Å²) in [5.41, 5.74) is 1.97. The van der Waals surface area contributed by atoms with E-state index in [1.807, 2.05) is 18.2 Å². The van der Waals surface area contributed by atoms with E-state index >= 15 is 0 Å². The van der Waals surface area contributed by atoms with Crippen molar-refractivity contribution >= 4 is 39.3 Å². The van der Waals surface area contributed by atoms with Crippen LogP contribution < -0.4 is 4.90 Å². The Morgan fingerprint density at radius 3 is 2.52 bits per heavy atom. The van der Waals surface area contributed by atoms with Gasteiger partial charge in [-0.25, -0.2) is 0 Å². The third kappa shape index (κ3) is 2.37. The highest BCUT2D eigenvalue weighted by molar-refractivity contribution is 9.10. The van der Waals surface area contributed by atoms with Crippen LogP contribution in [0.1, 0.15) is 25.3 Å². The second-order valence-corrected chi connectivity index (χ2v) is 6.26. The second-order valence-electron chi connectivity index (χ2n) is 5.35. The number of hydrogen-bond acceptors (Lipinski definition) is 3. The Hall–Kier alpha value is -1.69. The summed E-state index contributed by atoms with van der Waals surface area (Å²) in [7, 11) is 0. The lowest BCUT2D eigenvalue weighted by Crippen LogP contribution is -2.48. The van der Waals surface area contributed by atoms with E-state index in [1.165, 1.54) is 0 Å². The molecule has 1 fully saturated rings. The molecule has 5 nitrogen and oxygen atoms in total. The second kappa shape index (κ2) is 5.26. The molecule has 1 aromatic carbocycles. The molecular weight excluding hydrogens is 336 g/mol. The predicted octanol–water partition coefficient (Wildman–Crippen LogP) is 1.88. The van der Waals surface area contributed by atoms with E-state index in [1.54, 1.807) is 11.8 Å². The molecule has 0 bridgehead atoms. The summed E-state index contributed by atoms with van der Waals surface area (Å²) in [5.74, 6) is -0.702. The molecule has 0 spiro atoms. The minimum atomic E-state index is -0.734. The van der Waals surface area contributed by atoms with Crippen LogP contribution in [-0.2, 0) is 20.8 Å². The van der Waals surface area contributed by atoms with Crippen molar-refractivity contribution in [1.29, 1.82) is 0 Å². The first-order valence-electron chi connectivity index (χ1n) is 6.93. The van der Waals surface area contributed by atoms with Crippen molar-refractivity contribution in [2.24, 2.45) is 0 Å². The van der Waals surface area contributed by atoms with Crippen LogP contribution >= 0.6 is 15.9 Å². The third-order valence-corrected chi connectivity index (χ3v) is 4.53. The first-order valence-corrected chi connectivity index (χ1v) is 7.73. The van der Waals surface area contributed by atoms with Crippen LogP contribution in [0.3, 0.4) is 0 Å². The standard InChI is InChI=1S/C15H15BrN2O3/c1-9(18-13(19)4-5-14(18)20)15(21)17-7-6-10-8-11(16)2-3-12(10)17/h2-3,8-9H,4-7H2,1H3. The molecule has 0 aromatic heterocycles. The van der Waals surface area contributed by atoms with Gasteiger partial charge in [-0.3, -0.25) is 19.3 Å². The van der Waals surface area contributed by atoms with Crippen LogP contribution in [0.15, 0.2) is 22.7 Å². The molecule has 2 heterocycles. The Bertz CT molecular complexity index is 628. The number of carbonyl (C=O) groups is 3. The fourth-order valence-corrected chi connectivity index (χ4v) is 3.37. The number of hydrogen-bond donors (Lipinski definition) is 0. The maximum Gasteiger partial charge on any atom is 0.250 e. The maximum atomic E-state index is 12.6. The van der Waals surface area contributed by atoms with Crippen molar-refractivity contribution in [3.63, 3.8) is 0 Å². The van der Waals surface area contributed by atoms with Crippen LogP contribution in [0.4, 0.5) is 5.69 Å². The van der Waals surface area contributed by atoms with Crippen molar-refractivity contribution in [2.45, 2.75) is 32.2 Å². The molecule has 1 atom stereocenters. The van der Waals surface area contributed by atoms with Crippen LogP contribution in [-0.4, -0.2) is 35.2 Å². The highest BCUT2D eigenvalue weighted by Crippen LogP contribution is 2.31. The van der Waals surface area contributed by atoms with Crippen molar-refractivity contribution in [3.05, 3.63) is 28.2 Å². The van der Waals surface area contributed by atoms with Crippen LogP contribution in [0.5, 0.6) is 0 Å². The molecule has 1 unspecified atom stereocenters. The fourth-order valence-electron chi connectivity index (χ4n) is 2.96. The lowest BCUT2D eigenvalue weighted by atomic mass is 10.2. The fraction of sp³-hybridized carbons (Fsp3) is 0.400. The summed E-state index contributed by atoms with van der Waals surface area (Å²) < 4.78 is 0.980. The van der Waals surface area contributed by atoms with Gasteiger partial charge in [-0.1, -0.05) is 15.9 Å². The van der Waals surface area contributed by atoms with E-state index in [9.17, 15) is 14.4 Å². The van der Waals surface area contributed by atoms with Gasteiger partial charge in [0.2, 0.25) is 17.7 Å². The zero-order valence-electron chi connectivity index (χ0n) is 11.6. The molecule has 0 saturated carbocycles. The molecule has 0 N–H and O–H groups in total. The summed E-state index contributed by atoms with van der Waals surface area (Å²) in [6.45, 7) is 2.21. The summed E-state index contributed by atoms with van der Waals surface area (Å²) in [4.78, 5) is 38.9. The highest BCUT2D eigenvalue weighted by Gasteiger charge is 2.39.